The molecule has 0 fully saturated rings. The number of allylic oxidation sites excluding steroid dienone is 5. The van der Waals surface area contributed by atoms with Gasteiger partial charge in [0.1, 0.15) is 0 Å². The first kappa shape index (κ1) is 19.1. The van der Waals surface area contributed by atoms with Gasteiger partial charge in [-0.1, -0.05) is 54.1 Å². The first-order chi connectivity index (χ1) is 13.0. The molecular formula is C25H23ClO. The van der Waals surface area contributed by atoms with Gasteiger partial charge in [-0.15, -0.1) is 0 Å². The molecule has 0 saturated carbocycles. The summed E-state index contributed by atoms with van der Waals surface area (Å²) in [5, 5.41) is 4.69. The highest BCUT2D eigenvalue weighted by atomic mass is 35.5. The normalized spacial score (nSPS) is 13.1. The molecule has 2 heteroatoms. The van der Waals surface area contributed by atoms with Crippen LogP contribution in [0.5, 0.6) is 0 Å². The van der Waals surface area contributed by atoms with Gasteiger partial charge in [-0.3, -0.25) is 4.79 Å². The van der Waals surface area contributed by atoms with Crippen LogP contribution >= 0.6 is 11.6 Å². The summed E-state index contributed by atoms with van der Waals surface area (Å²) < 4.78 is 0. The van der Waals surface area contributed by atoms with E-state index in [2.05, 4.69) is 43.3 Å². The summed E-state index contributed by atoms with van der Waals surface area (Å²) in [5.74, 6) is 0.0403. The molecule has 0 aliphatic heterocycles. The number of hydrogen-bond acceptors (Lipinski definition) is 1. The molecule has 0 spiro atoms. The van der Waals surface area contributed by atoms with Gasteiger partial charge < -0.3 is 0 Å². The highest BCUT2D eigenvalue weighted by molar-refractivity contribution is 6.25. The van der Waals surface area contributed by atoms with Crippen molar-refractivity contribution in [1.82, 2.24) is 0 Å². The van der Waals surface area contributed by atoms with Crippen LogP contribution in [0.1, 0.15) is 35.3 Å². The van der Waals surface area contributed by atoms with Crippen LogP contribution in [0, 0.1) is 13.8 Å². The number of ketones is 1. The largest absolute Gasteiger partial charge is 0.289 e. The Morgan fingerprint density at radius 1 is 0.963 bits per heavy atom. The van der Waals surface area contributed by atoms with Crippen LogP contribution in [-0.4, -0.2) is 5.78 Å². The van der Waals surface area contributed by atoms with Gasteiger partial charge in [0, 0.05) is 16.7 Å². The second kappa shape index (κ2) is 7.94. The van der Waals surface area contributed by atoms with Crippen molar-refractivity contribution in [3.05, 3.63) is 94.1 Å². The van der Waals surface area contributed by atoms with E-state index in [9.17, 15) is 4.79 Å². The van der Waals surface area contributed by atoms with E-state index in [1.54, 1.807) is 6.08 Å². The van der Waals surface area contributed by atoms with Crippen LogP contribution in [0.3, 0.4) is 0 Å². The zero-order valence-electron chi connectivity index (χ0n) is 16.1. The molecule has 3 aromatic rings. The molecule has 0 bridgehead atoms. The van der Waals surface area contributed by atoms with Gasteiger partial charge in [0.2, 0.25) is 0 Å². The second-order valence-corrected chi connectivity index (χ2v) is 7.11. The lowest BCUT2D eigenvalue weighted by molar-refractivity contribution is 0.103. The minimum Gasteiger partial charge on any atom is -0.289 e. The number of fused-ring (bicyclic) bond motifs is 2. The Kier molecular flexibility index (Phi) is 5.62. The zero-order chi connectivity index (χ0) is 19.6. The molecule has 0 atom stereocenters. The predicted molar refractivity (Wildman–Crippen MR) is 118 cm³/mol. The molecule has 0 amide bonds. The maximum absolute atomic E-state index is 13.2. The number of hydrogen-bond donors (Lipinski definition) is 0. The molecule has 0 saturated heterocycles. The molecule has 0 radical (unpaired) electrons. The van der Waals surface area contributed by atoms with Crippen molar-refractivity contribution in [2.75, 3.05) is 0 Å². The van der Waals surface area contributed by atoms with E-state index in [0.717, 1.165) is 27.5 Å². The van der Waals surface area contributed by atoms with Crippen molar-refractivity contribution >= 4 is 38.9 Å². The fourth-order valence-electron chi connectivity index (χ4n) is 3.54. The van der Waals surface area contributed by atoms with Crippen LogP contribution in [0.25, 0.3) is 21.5 Å². The topological polar surface area (TPSA) is 17.1 Å². The van der Waals surface area contributed by atoms with Crippen LogP contribution < -0.4 is 0 Å². The fourth-order valence-corrected chi connectivity index (χ4v) is 3.62. The van der Waals surface area contributed by atoms with Crippen molar-refractivity contribution in [3.8, 4) is 0 Å². The molecule has 1 nitrogen and oxygen atoms in total. The quantitative estimate of drug-likeness (QED) is 0.201. The van der Waals surface area contributed by atoms with E-state index < -0.39 is 0 Å². The van der Waals surface area contributed by atoms with E-state index in [1.165, 1.54) is 21.9 Å². The van der Waals surface area contributed by atoms with Gasteiger partial charge >= 0.3 is 0 Å². The summed E-state index contributed by atoms with van der Waals surface area (Å²) in [6.45, 7) is 7.93. The van der Waals surface area contributed by atoms with E-state index in [-0.39, 0.29) is 5.78 Å². The van der Waals surface area contributed by atoms with Crippen molar-refractivity contribution in [2.45, 2.75) is 27.7 Å². The van der Waals surface area contributed by atoms with E-state index in [0.29, 0.717) is 5.57 Å². The molecule has 136 valence electrons. The lowest BCUT2D eigenvalue weighted by atomic mass is 9.91. The van der Waals surface area contributed by atoms with Gasteiger partial charge in [0.15, 0.2) is 5.78 Å². The Morgan fingerprint density at radius 2 is 1.70 bits per heavy atom. The number of benzene rings is 3. The van der Waals surface area contributed by atoms with E-state index in [1.807, 2.05) is 39.0 Å². The maximum atomic E-state index is 13.2. The van der Waals surface area contributed by atoms with Crippen molar-refractivity contribution in [1.29, 1.82) is 0 Å². The van der Waals surface area contributed by atoms with Gasteiger partial charge in [-0.25, -0.2) is 0 Å². The van der Waals surface area contributed by atoms with Crippen LogP contribution in [0.15, 0.2) is 77.4 Å². The minimum absolute atomic E-state index is 0.0403. The van der Waals surface area contributed by atoms with Crippen molar-refractivity contribution in [2.24, 2.45) is 0 Å². The Bertz CT molecular complexity index is 1130. The zero-order valence-corrected chi connectivity index (χ0v) is 16.9. The van der Waals surface area contributed by atoms with Crippen LogP contribution in [-0.2, 0) is 0 Å². The minimum atomic E-state index is 0.0403. The molecular weight excluding hydrogens is 352 g/mol. The third-order valence-electron chi connectivity index (χ3n) is 5.02. The summed E-state index contributed by atoms with van der Waals surface area (Å²) in [4.78, 5) is 13.2. The standard InChI is InChI=1S/C25H23ClO/c1-5-22(16(2)9-7-11-26)25(27)24-15-21-14-23-17(3)8-6-10-19(23)13-20(21)12-18(24)4/h5-15H,1-4H3/b11-7+,16-9-,22-5+. The lowest BCUT2D eigenvalue weighted by Crippen LogP contribution is -2.07. The first-order valence-electron chi connectivity index (χ1n) is 9.05. The number of aryl methyl sites for hydroxylation is 2. The third-order valence-corrected chi connectivity index (χ3v) is 5.17. The van der Waals surface area contributed by atoms with Gasteiger partial charge in [0.25, 0.3) is 0 Å². The summed E-state index contributed by atoms with van der Waals surface area (Å²) >= 11 is 5.61. The monoisotopic (exact) mass is 374 g/mol. The maximum Gasteiger partial charge on any atom is 0.193 e. The highest BCUT2D eigenvalue weighted by Gasteiger charge is 2.16. The predicted octanol–water partition coefficient (Wildman–Crippen LogP) is 7.44. The summed E-state index contributed by atoms with van der Waals surface area (Å²) in [7, 11) is 0. The Morgan fingerprint density at radius 3 is 2.41 bits per heavy atom. The highest BCUT2D eigenvalue weighted by Crippen LogP contribution is 2.29. The van der Waals surface area contributed by atoms with Crippen LogP contribution in [0.2, 0.25) is 0 Å². The molecule has 0 heterocycles. The number of halogens is 1. The smallest absolute Gasteiger partial charge is 0.193 e. The SMILES string of the molecule is C\C=C(C(=O)c1cc2cc3c(C)cccc3cc2cc1C)/C(C)=C\C=C\Cl. The number of rotatable bonds is 4. The lowest BCUT2D eigenvalue weighted by Gasteiger charge is -2.12. The van der Waals surface area contributed by atoms with Gasteiger partial charge in [-0.2, -0.15) is 0 Å². The number of Topliss-reactive ketones (excluding diaryl/α,β-unsaturated/α-hetero) is 1. The Labute approximate surface area is 165 Å². The molecule has 27 heavy (non-hydrogen) atoms. The van der Waals surface area contributed by atoms with Crippen molar-refractivity contribution < 1.29 is 4.79 Å². The fraction of sp³-hybridized carbons (Fsp3) is 0.160. The average molecular weight is 375 g/mol. The molecule has 0 aliphatic carbocycles. The third kappa shape index (κ3) is 3.74. The first-order valence-corrected chi connectivity index (χ1v) is 9.48. The van der Waals surface area contributed by atoms with Gasteiger partial charge in [-0.05, 0) is 84.1 Å². The molecule has 0 unspecified atom stereocenters. The molecule has 0 aromatic heterocycles. The molecule has 0 aliphatic rings. The Hall–Kier alpha value is -2.64. The number of carbonyl (C=O) groups excluding carboxylic acids is 1. The summed E-state index contributed by atoms with van der Waals surface area (Å²) in [5.41, 5.74) is 6.00. The number of carbonyl (C=O) groups is 1. The Balaban J connectivity index is 2.16. The molecule has 0 N–H and O–H groups in total. The van der Waals surface area contributed by atoms with Crippen molar-refractivity contribution in [3.63, 3.8) is 0 Å². The molecule has 3 rings (SSSR count). The van der Waals surface area contributed by atoms with Crippen LogP contribution in [0.4, 0.5) is 0 Å². The van der Waals surface area contributed by atoms with Gasteiger partial charge in [0.05, 0.1) is 0 Å². The molecule has 3 aromatic carbocycles. The summed E-state index contributed by atoms with van der Waals surface area (Å²) in [6.07, 6.45) is 5.45. The average Bonchev–Trinajstić information content (AvgIpc) is 2.65. The summed E-state index contributed by atoms with van der Waals surface area (Å²) in [6, 6.07) is 14.8. The van der Waals surface area contributed by atoms with E-state index >= 15 is 0 Å². The second-order valence-electron chi connectivity index (χ2n) is 6.86. The van der Waals surface area contributed by atoms with E-state index in [4.69, 9.17) is 11.6 Å².